The van der Waals surface area contributed by atoms with Gasteiger partial charge in [0.25, 0.3) is 5.91 Å². The molecular formula is C17H13FN4O5. The number of hydrogen-bond donors (Lipinski definition) is 2. The lowest BCUT2D eigenvalue weighted by atomic mass is 10.1. The van der Waals surface area contributed by atoms with Gasteiger partial charge in [-0.15, -0.1) is 0 Å². The highest BCUT2D eigenvalue weighted by Gasteiger charge is 2.26. The molecule has 0 aliphatic heterocycles. The van der Waals surface area contributed by atoms with Crippen molar-refractivity contribution >= 4 is 23.0 Å². The van der Waals surface area contributed by atoms with Crippen molar-refractivity contribution in [3.05, 3.63) is 63.2 Å². The van der Waals surface area contributed by atoms with Crippen LogP contribution in [0.5, 0.6) is 5.75 Å². The van der Waals surface area contributed by atoms with Crippen LogP contribution in [0.1, 0.15) is 11.1 Å². The van der Waals surface area contributed by atoms with Gasteiger partial charge in [0.2, 0.25) is 5.75 Å². The largest absolute Gasteiger partial charge is 0.506 e. The first-order chi connectivity index (χ1) is 12.7. The molecule has 10 heteroatoms. The summed E-state index contributed by atoms with van der Waals surface area (Å²) in [4.78, 5) is 27.4. The summed E-state index contributed by atoms with van der Waals surface area (Å²) < 4.78 is 13.7. The maximum atomic E-state index is 13.7. The van der Waals surface area contributed by atoms with E-state index < -0.39 is 45.0 Å². The van der Waals surface area contributed by atoms with Gasteiger partial charge in [0.15, 0.2) is 11.4 Å². The van der Waals surface area contributed by atoms with E-state index in [9.17, 15) is 34.8 Å². The second kappa shape index (κ2) is 7.49. The van der Waals surface area contributed by atoms with E-state index in [1.807, 2.05) is 0 Å². The van der Waals surface area contributed by atoms with Crippen LogP contribution in [0, 0.1) is 34.2 Å². The van der Waals surface area contributed by atoms with Gasteiger partial charge in [-0.1, -0.05) is 0 Å². The van der Waals surface area contributed by atoms with Gasteiger partial charge in [0.1, 0.15) is 11.8 Å². The third-order valence-electron chi connectivity index (χ3n) is 3.75. The van der Waals surface area contributed by atoms with Crippen LogP contribution in [0.2, 0.25) is 0 Å². The number of amides is 1. The van der Waals surface area contributed by atoms with Crippen molar-refractivity contribution in [2.75, 3.05) is 11.9 Å². The fourth-order valence-corrected chi connectivity index (χ4v) is 2.29. The Kier molecular flexibility index (Phi) is 5.36. The minimum atomic E-state index is -1.38. The summed E-state index contributed by atoms with van der Waals surface area (Å²) in [5, 5.41) is 39.8. The lowest BCUT2D eigenvalue weighted by Crippen LogP contribution is -2.28. The van der Waals surface area contributed by atoms with Crippen LogP contribution in [0.3, 0.4) is 0 Å². The molecule has 1 aromatic carbocycles. The van der Waals surface area contributed by atoms with Gasteiger partial charge >= 0.3 is 5.69 Å². The van der Waals surface area contributed by atoms with Crippen molar-refractivity contribution in [1.29, 1.82) is 5.26 Å². The van der Waals surface area contributed by atoms with E-state index in [0.29, 0.717) is 23.4 Å². The maximum absolute atomic E-state index is 13.7. The second-order valence-electron chi connectivity index (χ2n) is 5.44. The normalized spacial score (nSPS) is 11.3. The Morgan fingerprint density at radius 2 is 2.11 bits per heavy atom. The first-order valence-corrected chi connectivity index (χ1v) is 7.38. The molecule has 0 bridgehead atoms. The number of likely N-dealkylation sites (N-methyl/N-ethyl adjacent to an activating group) is 1. The Labute approximate surface area is 152 Å². The summed E-state index contributed by atoms with van der Waals surface area (Å²) in [5.41, 5.74) is -1.24. The van der Waals surface area contributed by atoms with Crippen LogP contribution in [0.4, 0.5) is 15.8 Å². The number of anilines is 1. The summed E-state index contributed by atoms with van der Waals surface area (Å²) >= 11 is 0. The molecule has 9 nitrogen and oxygen atoms in total. The van der Waals surface area contributed by atoms with E-state index in [1.165, 1.54) is 25.5 Å². The summed E-state index contributed by atoms with van der Waals surface area (Å²) in [6, 6.07) is 4.39. The van der Waals surface area contributed by atoms with Gasteiger partial charge in [-0.25, -0.2) is 4.39 Å². The molecule has 27 heavy (non-hydrogen) atoms. The molecule has 2 aromatic rings. The number of nitro benzene ring substituents is 1. The van der Waals surface area contributed by atoms with Crippen LogP contribution in [-0.2, 0) is 4.79 Å². The molecule has 1 amide bonds. The lowest BCUT2D eigenvalue weighted by Gasteiger charge is -2.19. The molecule has 0 saturated heterocycles. The average Bonchev–Trinajstić information content (AvgIpc) is 2.63. The third kappa shape index (κ3) is 3.67. The number of aryl methyl sites for hydroxylation is 1. The molecule has 0 saturated carbocycles. The number of aromatic nitrogens is 1. The first kappa shape index (κ1) is 19.3. The number of aliphatic hydroxyl groups excluding tert-OH is 1. The molecule has 1 aromatic heterocycles. The Bertz CT molecular complexity index is 1010. The first-order valence-electron chi connectivity index (χ1n) is 7.38. The molecule has 138 valence electrons. The number of hydrogen-bond acceptors (Lipinski definition) is 7. The lowest BCUT2D eigenvalue weighted by molar-refractivity contribution is -0.386. The van der Waals surface area contributed by atoms with E-state index in [0.717, 1.165) is 4.90 Å². The molecule has 0 atom stereocenters. The number of benzene rings is 1. The van der Waals surface area contributed by atoms with Gasteiger partial charge < -0.3 is 15.1 Å². The Morgan fingerprint density at radius 3 is 2.67 bits per heavy atom. The standard InChI is InChI=1S/C17H13FN4O5/c1-9-3-4-20-8-14(9)21(2)17(25)11(7-19)15(23)10-5-12(18)16(24)13(6-10)22(26)27/h3-6,8,23-24H,1-2H3/b15-11-. The highest BCUT2D eigenvalue weighted by Crippen LogP contribution is 2.33. The number of halogens is 1. The smallest absolute Gasteiger partial charge is 0.314 e. The molecule has 2 rings (SSSR count). The fraction of sp³-hybridized carbons (Fsp3) is 0.118. The molecule has 0 unspecified atom stereocenters. The van der Waals surface area contributed by atoms with Crippen LogP contribution < -0.4 is 4.90 Å². The number of carbonyl (C=O) groups excluding carboxylic acids is 1. The SMILES string of the molecule is Cc1ccncc1N(C)C(=O)/C(C#N)=C(\O)c1cc(F)c(O)c([N+](=O)[O-])c1. The van der Waals surface area contributed by atoms with Crippen molar-refractivity contribution in [3.63, 3.8) is 0 Å². The number of nitriles is 1. The Hall–Kier alpha value is -4.00. The molecule has 0 spiro atoms. The van der Waals surface area contributed by atoms with E-state index in [1.54, 1.807) is 13.0 Å². The van der Waals surface area contributed by atoms with Gasteiger partial charge in [-0.05, 0) is 24.6 Å². The van der Waals surface area contributed by atoms with Crippen molar-refractivity contribution in [2.45, 2.75) is 6.92 Å². The predicted octanol–water partition coefficient (Wildman–Crippen LogP) is 2.60. The van der Waals surface area contributed by atoms with E-state index in [2.05, 4.69) is 4.98 Å². The molecular weight excluding hydrogens is 359 g/mol. The van der Waals surface area contributed by atoms with E-state index in [4.69, 9.17) is 0 Å². The Balaban J connectivity index is 2.57. The second-order valence-corrected chi connectivity index (χ2v) is 5.44. The number of pyridine rings is 1. The molecule has 0 fully saturated rings. The monoisotopic (exact) mass is 372 g/mol. The molecule has 0 aliphatic rings. The molecule has 1 heterocycles. The zero-order valence-electron chi connectivity index (χ0n) is 14.2. The number of aliphatic hydroxyl groups is 1. The van der Waals surface area contributed by atoms with Crippen LogP contribution in [-0.4, -0.2) is 33.1 Å². The van der Waals surface area contributed by atoms with Gasteiger partial charge in [0, 0.05) is 24.9 Å². The van der Waals surface area contributed by atoms with E-state index in [-0.39, 0.29) is 0 Å². The quantitative estimate of drug-likeness (QED) is 0.276. The average molecular weight is 372 g/mol. The van der Waals surface area contributed by atoms with Crippen LogP contribution in [0.15, 0.2) is 36.2 Å². The van der Waals surface area contributed by atoms with Crippen molar-refractivity contribution in [2.24, 2.45) is 0 Å². The zero-order chi connectivity index (χ0) is 20.3. The number of rotatable bonds is 4. The summed E-state index contributed by atoms with van der Waals surface area (Å²) in [5.74, 6) is -4.49. The predicted molar refractivity (Wildman–Crippen MR) is 92.3 cm³/mol. The van der Waals surface area contributed by atoms with Crippen LogP contribution >= 0.6 is 0 Å². The summed E-state index contributed by atoms with van der Waals surface area (Å²) in [6.07, 6.45) is 2.89. The van der Waals surface area contributed by atoms with Gasteiger partial charge in [-0.2, -0.15) is 5.26 Å². The number of nitrogens with zero attached hydrogens (tertiary/aromatic N) is 4. The van der Waals surface area contributed by atoms with Crippen molar-refractivity contribution in [3.8, 4) is 11.8 Å². The minimum absolute atomic E-state index is 0.367. The maximum Gasteiger partial charge on any atom is 0.314 e. The highest BCUT2D eigenvalue weighted by atomic mass is 19.1. The van der Waals surface area contributed by atoms with Crippen LogP contribution in [0.25, 0.3) is 5.76 Å². The van der Waals surface area contributed by atoms with Gasteiger partial charge in [-0.3, -0.25) is 19.9 Å². The van der Waals surface area contributed by atoms with Crippen molar-refractivity contribution < 1.29 is 24.3 Å². The molecule has 0 radical (unpaired) electrons. The number of phenols is 1. The molecule has 2 N–H and O–H groups in total. The number of aromatic hydroxyl groups is 1. The van der Waals surface area contributed by atoms with Gasteiger partial charge in [0.05, 0.1) is 16.8 Å². The van der Waals surface area contributed by atoms with Crippen molar-refractivity contribution in [1.82, 2.24) is 4.98 Å². The fourth-order valence-electron chi connectivity index (χ4n) is 2.29. The molecule has 0 aliphatic carbocycles. The minimum Gasteiger partial charge on any atom is -0.506 e. The number of phenolic OH excluding ortho intramolecular Hbond substituents is 1. The number of nitro groups is 1. The summed E-state index contributed by atoms with van der Waals surface area (Å²) in [7, 11) is 1.34. The Morgan fingerprint density at radius 1 is 1.44 bits per heavy atom. The summed E-state index contributed by atoms with van der Waals surface area (Å²) in [6.45, 7) is 1.70. The number of carbonyl (C=O) groups is 1. The zero-order valence-corrected chi connectivity index (χ0v) is 14.2. The highest BCUT2D eigenvalue weighted by molar-refractivity contribution is 6.12. The topological polar surface area (TPSA) is 141 Å². The van der Waals surface area contributed by atoms with E-state index >= 15 is 0 Å². The third-order valence-corrected chi connectivity index (χ3v) is 3.75.